The smallest absolute Gasteiger partial charge is 0.191 e. The number of aromatic nitrogens is 2. The van der Waals surface area contributed by atoms with Crippen LogP contribution < -0.4 is 10.6 Å². The van der Waals surface area contributed by atoms with Crippen molar-refractivity contribution in [2.45, 2.75) is 59.5 Å². The molecule has 0 aromatic carbocycles. The molecule has 0 saturated heterocycles. The van der Waals surface area contributed by atoms with Crippen LogP contribution >= 0.6 is 0 Å². The van der Waals surface area contributed by atoms with Crippen LogP contribution in [0.5, 0.6) is 0 Å². The normalized spacial score (nSPS) is 13.4. The summed E-state index contributed by atoms with van der Waals surface area (Å²) < 4.78 is 2.00. The lowest BCUT2D eigenvalue weighted by Gasteiger charge is -2.16. The molecule has 0 spiro atoms. The van der Waals surface area contributed by atoms with Crippen molar-refractivity contribution in [3.8, 4) is 0 Å². The third-order valence-corrected chi connectivity index (χ3v) is 3.68. The molecule has 0 saturated carbocycles. The highest BCUT2D eigenvalue weighted by molar-refractivity contribution is 5.79. The van der Waals surface area contributed by atoms with E-state index in [9.17, 15) is 0 Å². The van der Waals surface area contributed by atoms with Gasteiger partial charge in [0.15, 0.2) is 5.96 Å². The largest absolute Gasteiger partial charge is 0.354 e. The highest BCUT2D eigenvalue weighted by Gasteiger charge is 2.14. The monoisotopic (exact) mass is 279 g/mol. The van der Waals surface area contributed by atoms with E-state index in [4.69, 9.17) is 0 Å². The second-order valence-corrected chi connectivity index (χ2v) is 5.08. The van der Waals surface area contributed by atoms with Crippen molar-refractivity contribution >= 4 is 5.96 Å². The lowest BCUT2D eigenvalue weighted by Crippen LogP contribution is -2.41. The van der Waals surface area contributed by atoms with E-state index in [1.807, 2.05) is 18.8 Å². The first-order chi connectivity index (χ1) is 9.57. The fourth-order valence-corrected chi connectivity index (χ4v) is 2.30. The van der Waals surface area contributed by atoms with Gasteiger partial charge in [-0.2, -0.15) is 5.10 Å². The Balaban J connectivity index is 2.78. The van der Waals surface area contributed by atoms with Gasteiger partial charge >= 0.3 is 0 Å². The van der Waals surface area contributed by atoms with Crippen molar-refractivity contribution in [1.29, 1.82) is 0 Å². The minimum atomic E-state index is 0.423. The molecule has 1 heterocycles. The van der Waals surface area contributed by atoms with Crippen LogP contribution in [0.1, 0.15) is 51.1 Å². The Morgan fingerprint density at radius 3 is 2.50 bits per heavy atom. The average molecular weight is 279 g/mol. The Labute approximate surface area is 122 Å². The minimum Gasteiger partial charge on any atom is -0.354 e. The molecule has 1 aromatic rings. The number of hydrogen-bond donors (Lipinski definition) is 2. The molecule has 0 aliphatic rings. The number of aliphatic imine (C=N–C) groups is 1. The molecule has 1 atom stereocenters. The lowest BCUT2D eigenvalue weighted by atomic mass is 10.1. The number of rotatable bonds is 6. The molecule has 0 aliphatic carbocycles. The van der Waals surface area contributed by atoms with E-state index in [0.717, 1.165) is 31.8 Å². The lowest BCUT2D eigenvalue weighted by molar-refractivity contribution is 0.623. The second kappa shape index (κ2) is 7.92. The standard InChI is InChI=1S/C15H29N5/c1-7-11(4)18-15(16-5)17-10-12-13(8-2)19-20(6)14(12)9-3/h11H,7-10H2,1-6H3,(H2,16,17,18). The molecular weight excluding hydrogens is 250 g/mol. The summed E-state index contributed by atoms with van der Waals surface area (Å²) in [4.78, 5) is 4.28. The fraction of sp³-hybridized carbons (Fsp3) is 0.733. The topological polar surface area (TPSA) is 54.2 Å². The van der Waals surface area contributed by atoms with Crippen LogP contribution in [-0.4, -0.2) is 28.8 Å². The predicted molar refractivity (Wildman–Crippen MR) is 85.1 cm³/mol. The van der Waals surface area contributed by atoms with Gasteiger partial charge in [0.05, 0.1) is 5.69 Å². The van der Waals surface area contributed by atoms with Crippen molar-refractivity contribution < 1.29 is 0 Å². The third-order valence-electron chi connectivity index (χ3n) is 3.68. The van der Waals surface area contributed by atoms with Crippen molar-refractivity contribution in [3.63, 3.8) is 0 Å². The molecule has 0 aliphatic heterocycles. The summed E-state index contributed by atoms with van der Waals surface area (Å²) in [6.45, 7) is 9.42. The number of guanidine groups is 1. The van der Waals surface area contributed by atoms with Gasteiger partial charge in [0.25, 0.3) is 0 Å². The zero-order valence-corrected chi connectivity index (χ0v) is 13.7. The molecule has 0 amide bonds. The average Bonchev–Trinajstić information content (AvgIpc) is 2.77. The molecule has 0 radical (unpaired) electrons. The van der Waals surface area contributed by atoms with Crippen LogP contribution in [0.2, 0.25) is 0 Å². The van der Waals surface area contributed by atoms with Crippen LogP contribution in [0.3, 0.4) is 0 Å². The summed E-state index contributed by atoms with van der Waals surface area (Å²) in [6, 6.07) is 0.423. The van der Waals surface area contributed by atoms with Crippen LogP contribution in [0.4, 0.5) is 0 Å². The van der Waals surface area contributed by atoms with Gasteiger partial charge in [0.2, 0.25) is 0 Å². The molecular formula is C15H29N5. The van der Waals surface area contributed by atoms with Gasteiger partial charge in [-0.1, -0.05) is 20.8 Å². The molecule has 1 aromatic heterocycles. The molecule has 5 heteroatoms. The number of hydrogen-bond acceptors (Lipinski definition) is 2. The summed E-state index contributed by atoms with van der Waals surface area (Å²) in [5.41, 5.74) is 3.79. The highest BCUT2D eigenvalue weighted by Crippen LogP contribution is 2.15. The molecule has 1 rings (SSSR count). The summed E-state index contributed by atoms with van der Waals surface area (Å²) in [5.74, 6) is 0.854. The van der Waals surface area contributed by atoms with Crippen molar-refractivity contribution in [3.05, 3.63) is 17.0 Å². The van der Waals surface area contributed by atoms with E-state index >= 15 is 0 Å². The minimum absolute atomic E-state index is 0.423. The maximum absolute atomic E-state index is 4.60. The van der Waals surface area contributed by atoms with Gasteiger partial charge in [-0.15, -0.1) is 0 Å². The van der Waals surface area contributed by atoms with Gasteiger partial charge in [0.1, 0.15) is 0 Å². The van der Waals surface area contributed by atoms with Crippen LogP contribution in [-0.2, 0) is 26.4 Å². The maximum Gasteiger partial charge on any atom is 0.191 e. The Hall–Kier alpha value is -1.52. The summed E-state index contributed by atoms with van der Waals surface area (Å²) in [6.07, 6.45) is 3.04. The van der Waals surface area contributed by atoms with E-state index < -0.39 is 0 Å². The van der Waals surface area contributed by atoms with Gasteiger partial charge in [-0.25, -0.2) is 0 Å². The first kappa shape index (κ1) is 16.5. The van der Waals surface area contributed by atoms with E-state index in [1.165, 1.54) is 17.0 Å². The van der Waals surface area contributed by atoms with E-state index in [1.54, 1.807) is 0 Å². The number of aryl methyl sites for hydroxylation is 2. The van der Waals surface area contributed by atoms with Crippen molar-refractivity contribution in [2.75, 3.05) is 7.05 Å². The van der Waals surface area contributed by atoms with Crippen molar-refractivity contribution in [1.82, 2.24) is 20.4 Å². The number of nitrogens with one attached hydrogen (secondary N) is 2. The molecule has 114 valence electrons. The van der Waals surface area contributed by atoms with E-state index in [2.05, 4.69) is 48.4 Å². The maximum atomic E-state index is 4.60. The van der Waals surface area contributed by atoms with Gasteiger partial charge in [0, 0.05) is 37.9 Å². The molecule has 5 nitrogen and oxygen atoms in total. The van der Waals surface area contributed by atoms with Crippen molar-refractivity contribution in [2.24, 2.45) is 12.0 Å². The Morgan fingerprint density at radius 2 is 2.00 bits per heavy atom. The molecule has 0 fully saturated rings. The zero-order chi connectivity index (χ0) is 15.1. The van der Waals surface area contributed by atoms with Crippen LogP contribution in [0.15, 0.2) is 4.99 Å². The van der Waals surface area contributed by atoms with E-state index in [-0.39, 0.29) is 0 Å². The van der Waals surface area contributed by atoms with Crippen LogP contribution in [0.25, 0.3) is 0 Å². The SMILES string of the molecule is CCc1nn(C)c(CC)c1CNC(=NC)NC(C)CC. The summed E-state index contributed by atoms with van der Waals surface area (Å²) in [5, 5.41) is 11.4. The first-order valence-electron chi connectivity index (χ1n) is 7.58. The second-order valence-electron chi connectivity index (χ2n) is 5.08. The van der Waals surface area contributed by atoms with Gasteiger partial charge < -0.3 is 10.6 Å². The molecule has 1 unspecified atom stereocenters. The third kappa shape index (κ3) is 3.99. The molecule has 0 bridgehead atoms. The van der Waals surface area contributed by atoms with E-state index in [0.29, 0.717) is 6.04 Å². The molecule has 20 heavy (non-hydrogen) atoms. The fourth-order valence-electron chi connectivity index (χ4n) is 2.30. The highest BCUT2D eigenvalue weighted by atomic mass is 15.3. The Kier molecular flexibility index (Phi) is 6.55. The van der Waals surface area contributed by atoms with Crippen LogP contribution in [0, 0.1) is 0 Å². The molecule has 2 N–H and O–H groups in total. The van der Waals surface area contributed by atoms with Gasteiger partial charge in [-0.05, 0) is 26.2 Å². The number of nitrogens with zero attached hydrogens (tertiary/aromatic N) is 3. The first-order valence-corrected chi connectivity index (χ1v) is 7.58. The zero-order valence-electron chi connectivity index (χ0n) is 13.7. The Bertz CT molecular complexity index is 447. The predicted octanol–water partition coefficient (Wildman–Crippen LogP) is 2.01. The van der Waals surface area contributed by atoms with Gasteiger partial charge in [-0.3, -0.25) is 9.67 Å². The quantitative estimate of drug-likeness (QED) is 0.618. The summed E-state index contributed by atoms with van der Waals surface area (Å²) in [7, 11) is 3.83. The summed E-state index contributed by atoms with van der Waals surface area (Å²) >= 11 is 0. The Morgan fingerprint density at radius 1 is 1.30 bits per heavy atom.